The summed E-state index contributed by atoms with van der Waals surface area (Å²) in [5.74, 6) is 1.75. The van der Waals surface area contributed by atoms with Crippen LogP contribution in [0.15, 0.2) is 0 Å². The molecule has 1 unspecified atom stereocenters. The predicted molar refractivity (Wildman–Crippen MR) is 41.7 cm³/mol. The molecule has 0 aromatic carbocycles. The molecule has 1 N–H and O–H groups in total. The highest BCUT2D eigenvalue weighted by atomic mass is 32.2. The molecule has 1 aliphatic heterocycles. The van der Waals surface area contributed by atoms with Crippen molar-refractivity contribution in [2.75, 3.05) is 12.4 Å². The molecule has 1 saturated heterocycles. The summed E-state index contributed by atoms with van der Waals surface area (Å²) in [6.07, 6.45) is 1.19. The number of hydrogen-bond donors (Lipinski definition) is 1. The van der Waals surface area contributed by atoms with Gasteiger partial charge in [-0.3, -0.25) is 0 Å². The van der Waals surface area contributed by atoms with E-state index in [0.717, 1.165) is 0 Å². The Kier molecular flexibility index (Phi) is 2.07. The summed E-state index contributed by atoms with van der Waals surface area (Å²) >= 11 is 1.97. The van der Waals surface area contributed by atoms with E-state index in [-0.39, 0.29) is 0 Å². The lowest BCUT2D eigenvalue weighted by Crippen LogP contribution is -2.24. The lowest BCUT2D eigenvalue weighted by atomic mass is 9.94. The van der Waals surface area contributed by atoms with Crippen molar-refractivity contribution in [3.63, 3.8) is 0 Å². The van der Waals surface area contributed by atoms with E-state index in [4.69, 9.17) is 5.11 Å². The van der Waals surface area contributed by atoms with Gasteiger partial charge in [0, 0.05) is 11.4 Å². The minimum absolute atomic E-state index is 0.328. The molecule has 1 atom stereocenters. The van der Waals surface area contributed by atoms with Crippen LogP contribution >= 0.6 is 11.8 Å². The molecule has 9 heavy (non-hydrogen) atoms. The zero-order chi connectivity index (χ0) is 6.91. The monoisotopic (exact) mass is 146 g/mol. The van der Waals surface area contributed by atoms with Crippen molar-refractivity contribution >= 4 is 11.8 Å². The fourth-order valence-electron chi connectivity index (χ4n) is 1.24. The molecule has 1 fully saturated rings. The molecule has 0 radical (unpaired) electrons. The number of aliphatic hydroxyl groups is 1. The first-order valence-electron chi connectivity index (χ1n) is 3.41. The van der Waals surface area contributed by atoms with Crippen molar-refractivity contribution in [1.29, 1.82) is 0 Å². The minimum Gasteiger partial charge on any atom is -0.396 e. The lowest BCUT2D eigenvalue weighted by molar-refractivity contribution is 0.206. The van der Waals surface area contributed by atoms with Crippen LogP contribution < -0.4 is 0 Å². The van der Waals surface area contributed by atoms with Gasteiger partial charge in [-0.05, 0) is 18.1 Å². The molecule has 0 aliphatic carbocycles. The summed E-state index contributed by atoms with van der Waals surface area (Å²) in [5.41, 5.74) is 0. The van der Waals surface area contributed by atoms with E-state index in [9.17, 15) is 0 Å². The van der Waals surface area contributed by atoms with Crippen LogP contribution in [0.3, 0.4) is 0 Å². The molecule has 54 valence electrons. The van der Waals surface area contributed by atoms with E-state index in [2.05, 4.69) is 13.8 Å². The number of rotatable bonds is 1. The molecule has 0 aromatic rings. The third-order valence-electron chi connectivity index (χ3n) is 2.14. The van der Waals surface area contributed by atoms with Gasteiger partial charge in [0.05, 0.1) is 0 Å². The Morgan fingerprint density at radius 2 is 2.33 bits per heavy atom. The Hall–Kier alpha value is 0.310. The molecule has 0 spiro atoms. The third kappa shape index (κ3) is 1.41. The van der Waals surface area contributed by atoms with Gasteiger partial charge in [-0.15, -0.1) is 0 Å². The Bertz CT molecular complexity index is 101. The molecule has 1 heterocycles. The van der Waals surface area contributed by atoms with Gasteiger partial charge in [-0.1, -0.05) is 13.8 Å². The van der Waals surface area contributed by atoms with E-state index in [1.54, 1.807) is 0 Å². The summed E-state index contributed by atoms with van der Waals surface area (Å²) in [6.45, 7) is 4.79. The number of aliphatic hydroxyl groups excluding tert-OH is 1. The summed E-state index contributed by atoms with van der Waals surface area (Å²) in [4.78, 5) is 0. The Morgan fingerprint density at radius 1 is 1.67 bits per heavy atom. The van der Waals surface area contributed by atoms with Crippen LogP contribution in [0.5, 0.6) is 0 Å². The van der Waals surface area contributed by atoms with E-state index < -0.39 is 0 Å². The molecule has 1 nitrogen and oxygen atoms in total. The molecule has 0 aromatic heterocycles. The molecule has 0 saturated carbocycles. The van der Waals surface area contributed by atoms with Crippen LogP contribution in [0.25, 0.3) is 0 Å². The van der Waals surface area contributed by atoms with Gasteiger partial charge in [-0.2, -0.15) is 11.8 Å². The Balaban J connectivity index is 2.52. The standard InChI is InChI=1S/C7H14OS/c1-7(2)6(5-8)3-4-9-7/h6,8H,3-5H2,1-2H3. The first kappa shape index (κ1) is 7.42. The summed E-state index contributed by atoms with van der Waals surface area (Å²) in [7, 11) is 0. The van der Waals surface area contributed by atoms with Crippen LogP contribution in [0.4, 0.5) is 0 Å². The zero-order valence-electron chi connectivity index (χ0n) is 6.05. The van der Waals surface area contributed by atoms with Crippen molar-refractivity contribution in [2.45, 2.75) is 25.0 Å². The van der Waals surface area contributed by atoms with Crippen molar-refractivity contribution in [1.82, 2.24) is 0 Å². The maximum atomic E-state index is 8.89. The van der Waals surface area contributed by atoms with Crippen molar-refractivity contribution < 1.29 is 5.11 Å². The minimum atomic E-state index is 0.328. The summed E-state index contributed by atoms with van der Waals surface area (Å²) in [6, 6.07) is 0. The second kappa shape index (κ2) is 2.51. The van der Waals surface area contributed by atoms with Crippen LogP contribution in [0.1, 0.15) is 20.3 Å². The van der Waals surface area contributed by atoms with Crippen LogP contribution in [-0.2, 0) is 0 Å². The second-order valence-electron chi connectivity index (χ2n) is 3.12. The highest BCUT2D eigenvalue weighted by Gasteiger charge is 2.34. The quantitative estimate of drug-likeness (QED) is 0.605. The molecular formula is C7H14OS. The van der Waals surface area contributed by atoms with Crippen LogP contribution in [0.2, 0.25) is 0 Å². The Morgan fingerprint density at radius 3 is 2.56 bits per heavy atom. The smallest absolute Gasteiger partial charge is 0.0472 e. The van der Waals surface area contributed by atoms with Gasteiger partial charge < -0.3 is 5.11 Å². The number of thioether (sulfide) groups is 1. The van der Waals surface area contributed by atoms with E-state index in [1.807, 2.05) is 11.8 Å². The SMILES string of the molecule is CC1(C)SCCC1CO. The van der Waals surface area contributed by atoms with Crippen LogP contribution in [0, 0.1) is 5.92 Å². The van der Waals surface area contributed by atoms with Crippen molar-refractivity contribution in [3.05, 3.63) is 0 Å². The van der Waals surface area contributed by atoms with Gasteiger partial charge in [0.2, 0.25) is 0 Å². The van der Waals surface area contributed by atoms with Gasteiger partial charge in [-0.25, -0.2) is 0 Å². The maximum absolute atomic E-state index is 8.89. The second-order valence-corrected chi connectivity index (χ2v) is 4.87. The molecular weight excluding hydrogens is 132 g/mol. The third-order valence-corrected chi connectivity index (χ3v) is 3.66. The first-order chi connectivity index (χ1) is 4.17. The van der Waals surface area contributed by atoms with Gasteiger partial charge in [0.15, 0.2) is 0 Å². The molecule has 0 bridgehead atoms. The van der Waals surface area contributed by atoms with Gasteiger partial charge in [0.25, 0.3) is 0 Å². The van der Waals surface area contributed by atoms with Crippen molar-refractivity contribution in [2.24, 2.45) is 5.92 Å². The molecule has 2 heteroatoms. The largest absolute Gasteiger partial charge is 0.396 e. The fraction of sp³-hybridized carbons (Fsp3) is 1.00. The lowest BCUT2D eigenvalue weighted by Gasteiger charge is -2.23. The number of hydrogen-bond acceptors (Lipinski definition) is 2. The highest BCUT2D eigenvalue weighted by Crippen LogP contribution is 2.41. The van der Waals surface area contributed by atoms with E-state index >= 15 is 0 Å². The average Bonchev–Trinajstić information content (AvgIpc) is 2.08. The fourth-order valence-corrected chi connectivity index (χ4v) is 2.60. The molecule has 1 aliphatic rings. The van der Waals surface area contributed by atoms with E-state index in [1.165, 1.54) is 12.2 Å². The molecule has 0 amide bonds. The topological polar surface area (TPSA) is 20.2 Å². The Labute approximate surface area is 60.8 Å². The van der Waals surface area contributed by atoms with E-state index in [0.29, 0.717) is 17.3 Å². The van der Waals surface area contributed by atoms with Gasteiger partial charge in [0.1, 0.15) is 0 Å². The first-order valence-corrected chi connectivity index (χ1v) is 4.40. The molecule has 1 rings (SSSR count). The highest BCUT2D eigenvalue weighted by molar-refractivity contribution is 8.00. The van der Waals surface area contributed by atoms with Gasteiger partial charge >= 0.3 is 0 Å². The maximum Gasteiger partial charge on any atom is 0.0472 e. The van der Waals surface area contributed by atoms with Crippen LogP contribution in [-0.4, -0.2) is 22.2 Å². The van der Waals surface area contributed by atoms with Crippen molar-refractivity contribution in [3.8, 4) is 0 Å². The normalized spacial score (nSPS) is 33.0. The summed E-state index contributed by atoms with van der Waals surface area (Å²) in [5, 5.41) is 8.89. The average molecular weight is 146 g/mol. The predicted octanol–water partition coefficient (Wildman–Crippen LogP) is 1.51. The zero-order valence-corrected chi connectivity index (χ0v) is 6.87. The summed E-state index contributed by atoms with van der Waals surface area (Å²) < 4.78 is 0.328.